The van der Waals surface area contributed by atoms with Crippen molar-refractivity contribution in [1.29, 1.82) is 0 Å². The van der Waals surface area contributed by atoms with Crippen LogP contribution in [0.25, 0.3) is 0 Å². The molecule has 1 heterocycles. The summed E-state index contributed by atoms with van der Waals surface area (Å²) in [7, 11) is 0. The van der Waals surface area contributed by atoms with Crippen molar-refractivity contribution in [3.05, 3.63) is 29.3 Å². The summed E-state index contributed by atoms with van der Waals surface area (Å²) in [6.45, 7) is 3.51. The van der Waals surface area contributed by atoms with Gasteiger partial charge in [0, 0.05) is 10.6 Å². The topological polar surface area (TPSA) is 67.6 Å². The van der Waals surface area contributed by atoms with Gasteiger partial charge in [0.2, 0.25) is 5.16 Å². The van der Waals surface area contributed by atoms with Crippen molar-refractivity contribution >= 4 is 17.4 Å². The molecule has 0 radical (unpaired) electrons. The van der Waals surface area contributed by atoms with Gasteiger partial charge in [0.1, 0.15) is 11.6 Å². The Kier molecular flexibility index (Phi) is 2.82. The fraction of sp³-hybridized carbons (Fsp3) is 0.200. The molecule has 2 rings (SSSR count). The summed E-state index contributed by atoms with van der Waals surface area (Å²) in [5.41, 5.74) is 6.68. The number of nitrogen functional groups attached to an aromatic ring is 1. The third-order valence-corrected chi connectivity index (χ3v) is 3.01. The number of nitrogens with two attached hydrogens (primary N) is 1. The number of hydrogen-bond donors (Lipinski definition) is 2. The van der Waals surface area contributed by atoms with Gasteiger partial charge in [-0.1, -0.05) is 0 Å². The van der Waals surface area contributed by atoms with E-state index in [2.05, 4.69) is 15.2 Å². The van der Waals surface area contributed by atoms with Crippen LogP contribution in [0, 0.1) is 19.7 Å². The Morgan fingerprint density at radius 2 is 2.12 bits per heavy atom. The van der Waals surface area contributed by atoms with Gasteiger partial charge in [0.05, 0.1) is 0 Å². The minimum atomic E-state index is -0.298. The summed E-state index contributed by atoms with van der Waals surface area (Å²) in [6.07, 6.45) is 0. The highest BCUT2D eigenvalue weighted by molar-refractivity contribution is 7.99. The van der Waals surface area contributed by atoms with E-state index in [4.69, 9.17) is 5.73 Å². The summed E-state index contributed by atoms with van der Waals surface area (Å²) >= 11 is 1.31. The van der Waals surface area contributed by atoms with Crippen LogP contribution in [0.15, 0.2) is 22.2 Å². The fourth-order valence-corrected chi connectivity index (χ4v) is 2.11. The van der Waals surface area contributed by atoms with Crippen LogP contribution >= 0.6 is 11.8 Å². The van der Waals surface area contributed by atoms with Crippen molar-refractivity contribution in [2.45, 2.75) is 23.9 Å². The molecule has 4 nitrogen and oxygen atoms in total. The van der Waals surface area contributed by atoms with Gasteiger partial charge in [0.15, 0.2) is 0 Å². The quantitative estimate of drug-likeness (QED) is 0.788. The van der Waals surface area contributed by atoms with E-state index in [0.29, 0.717) is 16.4 Å². The number of anilines is 1. The molecule has 2 aromatic rings. The second-order valence-corrected chi connectivity index (χ2v) is 4.45. The third-order valence-electron chi connectivity index (χ3n) is 2.07. The number of aromatic nitrogens is 3. The van der Waals surface area contributed by atoms with Crippen molar-refractivity contribution in [3.63, 3.8) is 0 Å². The van der Waals surface area contributed by atoms with Crippen molar-refractivity contribution in [2.24, 2.45) is 0 Å². The smallest absolute Gasteiger partial charge is 0.213 e. The second-order valence-electron chi connectivity index (χ2n) is 3.44. The minimum absolute atomic E-state index is 0.298. The maximum absolute atomic E-state index is 13.2. The van der Waals surface area contributed by atoms with Gasteiger partial charge in [-0.25, -0.2) is 9.37 Å². The van der Waals surface area contributed by atoms with Crippen LogP contribution in [0.4, 0.5) is 10.1 Å². The van der Waals surface area contributed by atoms with Crippen molar-refractivity contribution in [1.82, 2.24) is 15.2 Å². The first-order chi connectivity index (χ1) is 7.56. The summed E-state index contributed by atoms with van der Waals surface area (Å²) < 4.78 is 13.2. The standard InChI is InChI=1S/C10H11FN4S/c1-5-3-9(8(12)4-7(5)11)16-10-13-6(2)14-15-10/h3-4H,12H2,1-2H3,(H,13,14,15). The number of H-pyrrole nitrogens is 1. The first-order valence-corrected chi connectivity index (χ1v) is 5.50. The molecule has 0 saturated carbocycles. The maximum atomic E-state index is 13.2. The van der Waals surface area contributed by atoms with Gasteiger partial charge in [-0.3, -0.25) is 5.10 Å². The van der Waals surface area contributed by atoms with E-state index in [-0.39, 0.29) is 5.82 Å². The Morgan fingerprint density at radius 3 is 2.75 bits per heavy atom. The molecular formula is C10H11FN4S. The third kappa shape index (κ3) is 2.16. The summed E-state index contributed by atoms with van der Waals surface area (Å²) in [4.78, 5) is 4.91. The zero-order chi connectivity index (χ0) is 11.7. The van der Waals surface area contributed by atoms with E-state index < -0.39 is 0 Å². The molecule has 84 valence electrons. The van der Waals surface area contributed by atoms with E-state index in [0.717, 1.165) is 10.7 Å². The van der Waals surface area contributed by atoms with E-state index in [1.807, 2.05) is 6.92 Å². The second kappa shape index (κ2) is 4.13. The molecule has 0 aliphatic rings. The molecule has 0 atom stereocenters. The van der Waals surface area contributed by atoms with Crippen LogP contribution in [-0.2, 0) is 0 Å². The number of halogens is 1. The number of aryl methyl sites for hydroxylation is 2. The van der Waals surface area contributed by atoms with Crippen LogP contribution in [0.3, 0.4) is 0 Å². The van der Waals surface area contributed by atoms with Crippen molar-refractivity contribution in [3.8, 4) is 0 Å². The van der Waals surface area contributed by atoms with Gasteiger partial charge in [0.25, 0.3) is 0 Å². The Balaban J connectivity index is 2.31. The van der Waals surface area contributed by atoms with E-state index in [9.17, 15) is 4.39 Å². The SMILES string of the molecule is Cc1nc(Sc2cc(C)c(F)cc2N)n[nH]1. The first kappa shape index (κ1) is 10.9. The lowest BCUT2D eigenvalue weighted by atomic mass is 10.2. The van der Waals surface area contributed by atoms with E-state index in [1.165, 1.54) is 17.8 Å². The molecule has 0 amide bonds. The highest BCUT2D eigenvalue weighted by atomic mass is 32.2. The molecule has 0 spiro atoms. The predicted octanol–water partition coefficient (Wildman–Crippen LogP) is 2.29. The van der Waals surface area contributed by atoms with Gasteiger partial charge in [-0.05, 0) is 43.3 Å². The van der Waals surface area contributed by atoms with Crippen LogP contribution in [0.1, 0.15) is 11.4 Å². The normalized spacial score (nSPS) is 10.7. The molecule has 0 aliphatic carbocycles. The van der Waals surface area contributed by atoms with Crippen LogP contribution in [0.2, 0.25) is 0 Å². The molecule has 0 aliphatic heterocycles. The zero-order valence-corrected chi connectivity index (χ0v) is 9.73. The molecule has 0 unspecified atom stereocenters. The van der Waals surface area contributed by atoms with Crippen molar-refractivity contribution < 1.29 is 4.39 Å². The molecule has 1 aromatic carbocycles. The molecule has 1 aromatic heterocycles. The summed E-state index contributed by atoms with van der Waals surface area (Å²) in [5.74, 6) is 0.438. The van der Waals surface area contributed by atoms with Crippen LogP contribution < -0.4 is 5.73 Å². The molecule has 0 bridgehead atoms. The lowest BCUT2D eigenvalue weighted by Crippen LogP contribution is -1.93. The number of benzene rings is 1. The molecule has 0 fully saturated rings. The lowest BCUT2D eigenvalue weighted by Gasteiger charge is -2.04. The molecule has 0 saturated heterocycles. The van der Waals surface area contributed by atoms with Crippen molar-refractivity contribution in [2.75, 3.05) is 5.73 Å². The van der Waals surface area contributed by atoms with E-state index in [1.54, 1.807) is 13.0 Å². The number of hydrogen-bond acceptors (Lipinski definition) is 4. The van der Waals surface area contributed by atoms with Crippen LogP contribution in [-0.4, -0.2) is 15.2 Å². The Labute approximate surface area is 96.5 Å². The number of nitrogens with one attached hydrogen (secondary N) is 1. The average molecular weight is 238 g/mol. The van der Waals surface area contributed by atoms with Gasteiger partial charge >= 0.3 is 0 Å². The molecular weight excluding hydrogens is 227 g/mol. The Hall–Kier alpha value is -1.56. The highest BCUT2D eigenvalue weighted by Crippen LogP contribution is 2.31. The minimum Gasteiger partial charge on any atom is -0.398 e. The maximum Gasteiger partial charge on any atom is 0.213 e. The van der Waals surface area contributed by atoms with Gasteiger partial charge in [-0.15, -0.1) is 5.10 Å². The number of nitrogens with zero attached hydrogens (tertiary/aromatic N) is 2. The predicted molar refractivity (Wildman–Crippen MR) is 60.8 cm³/mol. The first-order valence-electron chi connectivity index (χ1n) is 4.69. The molecule has 16 heavy (non-hydrogen) atoms. The molecule has 3 N–H and O–H groups in total. The largest absolute Gasteiger partial charge is 0.398 e. The number of rotatable bonds is 2. The summed E-state index contributed by atoms with van der Waals surface area (Å²) in [6, 6.07) is 3.01. The van der Waals surface area contributed by atoms with Gasteiger partial charge < -0.3 is 5.73 Å². The van der Waals surface area contributed by atoms with E-state index >= 15 is 0 Å². The lowest BCUT2D eigenvalue weighted by molar-refractivity contribution is 0.618. The zero-order valence-electron chi connectivity index (χ0n) is 8.91. The fourth-order valence-electron chi connectivity index (χ4n) is 1.22. The van der Waals surface area contributed by atoms with Crippen LogP contribution in [0.5, 0.6) is 0 Å². The highest BCUT2D eigenvalue weighted by Gasteiger charge is 2.09. The Bertz CT molecular complexity index is 524. The monoisotopic (exact) mass is 238 g/mol. The number of aromatic amines is 1. The van der Waals surface area contributed by atoms with Gasteiger partial charge in [-0.2, -0.15) is 0 Å². The Morgan fingerprint density at radius 1 is 1.38 bits per heavy atom. The molecule has 6 heteroatoms. The summed E-state index contributed by atoms with van der Waals surface area (Å²) in [5, 5.41) is 7.30. The average Bonchev–Trinajstić information content (AvgIpc) is 2.60.